The molecule has 2 aliphatic carbocycles. The van der Waals surface area contributed by atoms with E-state index < -0.39 is 0 Å². The minimum Gasteiger partial charge on any atom is -0.508 e. The van der Waals surface area contributed by atoms with Crippen LogP contribution in [-0.2, 0) is 11.8 Å². The van der Waals surface area contributed by atoms with Crippen molar-refractivity contribution >= 4 is 0 Å². The lowest BCUT2D eigenvalue weighted by Gasteiger charge is -2.54. The summed E-state index contributed by atoms with van der Waals surface area (Å²) in [7, 11) is 0. The molecule has 0 amide bonds. The number of fused-ring (bicyclic) bond motifs is 1. The molecule has 2 bridgehead atoms. The molecule has 1 heterocycles. The van der Waals surface area contributed by atoms with Crippen molar-refractivity contribution in [3.8, 4) is 5.75 Å². The summed E-state index contributed by atoms with van der Waals surface area (Å²) < 4.78 is 0. The molecular formula is C16H19NO. The first-order chi connectivity index (χ1) is 8.81. The zero-order valence-electron chi connectivity index (χ0n) is 10.5. The van der Waals surface area contributed by atoms with E-state index in [1.807, 2.05) is 12.1 Å². The highest BCUT2D eigenvalue weighted by Gasteiger charge is 2.51. The molecule has 1 saturated heterocycles. The Hall–Kier alpha value is -1.28. The van der Waals surface area contributed by atoms with Crippen molar-refractivity contribution in [2.24, 2.45) is 5.92 Å². The number of piperidine rings is 1. The quantitative estimate of drug-likeness (QED) is 0.684. The van der Waals surface area contributed by atoms with Crippen molar-refractivity contribution in [2.75, 3.05) is 6.54 Å². The number of phenols is 1. The van der Waals surface area contributed by atoms with E-state index in [2.05, 4.69) is 23.5 Å². The maximum absolute atomic E-state index is 10.4. The summed E-state index contributed by atoms with van der Waals surface area (Å²) in [5.41, 5.74) is 2.82. The van der Waals surface area contributed by atoms with Gasteiger partial charge in [0.25, 0.3) is 0 Å². The molecule has 2 nitrogen and oxygen atoms in total. The van der Waals surface area contributed by atoms with Gasteiger partial charge in [0, 0.05) is 17.0 Å². The molecule has 1 aromatic rings. The van der Waals surface area contributed by atoms with Gasteiger partial charge in [-0.05, 0) is 49.8 Å². The van der Waals surface area contributed by atoms with Crippen molar-refractivity contribution in [2.45, 2.75) is 37.1 Å². The van der Waals surface area contributed by atoms with Gasteiger partial charge in [0.1, 0.15) is 5.75 Å². The minimum absolute atomic E-state index is 0.198. The average Bonchev–Trinajstić information content (AvgIpc) is 2.38. The molecule has 0 saturated carbocycles. The maximum Gasteiger partial charge on any atom is 0.119 e. The van der Waals surface area contributed by atoms with E-state index in [1.165, 1.54) is 11.1 Å². The van der Waals surface area contributed by atoms with E-state index in [-0.39, 0.29) is 5.41 Å². The molecule has 0 radical (unpaired) electrons. The van der Waals surface area contributed by atoms with E-state index in [9.17, 15) is 5.11 Å². The summed E-state index contributed by atoms with van der Waals surface area (Å²) in [6, 6.07) is 6.65. The number of phenolic OH excluding ortho intramolecular Hbond substituents is 1. The Bertz CT molecular complexity index is 522. The zero-order valence-corrected chi connectivity index (χ0v) is 10.5. The molecule has 3 atom stereocenters. The molecule has 0 spiro atoms. The van der Waals surface area contributed by atoms with E-state index in [4.69, 9.17) is 0 Å². The van der Waals surface area contributed by atoms with Crippen LogP contribution < -0.4 is 5.32 Å². The summed E-state index contributed by atoms with van der Waals surface area (Å²) in [6.45, 7) is 1.09. The molecule has 3 unspecified atom stereocenters. The Labute approximate surface area is 108 Å². The third-order valence-electron chi connectivity index (χ3n) is 5.28. The predicted octanol–water partition coefficient (Wildman–Crippen LogP) is 2.51. The average molecular weight is 241 g/mol. The van der Waals surface area contributed by atoms with Gasteiger partial charge in [-0.15, -0.1) is 0 Å². The largest absolute Gasteiger partial charge is 0.508 e. The fourth-order valence-electron chi connectivity index (χ4n) is 4.57. The van der Waals surface area contributed by atoms with Gasteiger partial charge in [-0.3, -0.25) is 0 Å². The van der Waals surface area contributed by atoms with Crippen LogP contribution in [0.4, 0.5) is 0 Å². The third kappa shape index (κ3) is 1.22. The van der Waals surface area contributed by atoms with Gasteiger partial charge >= 0.3 is 0 Å². The first-order valence-electron chi connectivity index (χ1n) is 7.01. The van der Waals surface area contributed by atoms with Crippen LogP contribution in [0.25, 0.3) is 0 Å². The Balaban J connectivity index is 1.98. The van der Waals surface area contributed by atoms with Crippen LogP contribution in [0.2, 0.25) is 0 Å². The van der Waals surface area contributed by atoms with Gasteiger partial charge < -0.3 is 10.4 Å². The molecule has 0 aromatic heterocycles. The van der Waals surface area contributed by atoms with Crippen LogP contribution in [0.1, 0.15) is 30.4 Å². The van der Waals surface area contributed by atoms with Gasteiger partial charge in [-0.1, -0.05) is 24.3 Å². The van der Waals surface area contributed by atoms with Crippen molar-refractivity contribution in [3.63, 3.8) is 0 Å². The number of nitrogens with one attached hydrogen (secondary N) is 1. The standard InChI is InChI=1S/C16H19NO/c18-14-6-3-4-11-10-13-12-5-1-2-7-16(12,15(11)14)8-9-17-13/h1-4,6,12-13,17-18H,5,7-10H2. The first kappa shape index (κ1) is 10.6. The molecule has 1 aliphatic heterocycles. The lowest BCUT2D eigenvalue weighted by Crippen LogP contribution is -2.58. The fourth-order valence-corrected chi connectivity index (χ4v) is 4.57. The van der Waals surface area contributed by atoms with Crippen molar-refractivity contribution < 1.29 is 5.11 Å². The van der Waals surface area contributed by atoms with Crippen molar-refractivity contribution in [1.29, 1.82) is 0 Å². The molecule has 3 aliphatic rings. The van der Waals surface area contributed by atoms with E-state index in [1.54, 1.807) is 0 Å². The highest BCUT2D eigenvalue weighted by molar-refractivity contribution is 5.50. The smallest absolute Gasteiger partial charge is 0.119 e. The van der Waals surface area contributed by atoms with Crippen LogP contribution in [0.5, 0.6) is 5.75 Å². The van der Waals surface area contributed by atoms with E-state index in [0.29, 0.717) is 17.7 Å². The second-order valence-corrected chi connectivity index (χ2v) is 6.00. The molecule has 2 N–H and O–H groups in total. The Kier molecular flexibility index (Phi) is 2.13. The zero-order chi connectivity index (χ0) is 12.2. The maximum atomic E-state index is 10.4. The topological polar surface area (TPSA) is 32.3 Å². The van der Waals surface area contributed by atoms with Crippen molar-refractivity contribution in [3.05, 3.63) is 41.5 Å². The molecule has 94 valence electrons. The van der Waals surface area contributed by atoms with Crippen LogP contribution in [0, 0.1) is 5.92 Å². The van der Waals surface area contributed by atoms with Crippen LogP contribution >= 0.6 is 0 Å². The van der Waals surface area contributed by atoms with Gasteiger partial charge in [-0.2, -0.15) is 0 Å². The predicted molar refractivity (Wildman–Crippen MR) is 71.8 cm³/mol. The highest BCUT2D eigenvalue weighted by Crippen LogP contribution is 2.54. The lowest BCUT2D eigenvalue weighted by molar-refractivity contribution is 0.120. The second-order valence-electron chi connectivity index (χ2n) is 6.00. The van der Waals surface area contributed by atoms with Gasteiger partial charge in [0.15, 0.2) is 0 Å². The summed E-state index contributed by atoms with van der Waals surface area (Å²) in [5.74, 6) is 1.19. The van der Waals surface area contributed by atoms with Crippen LogP contribution in [-0.4, -0.2) is 17.7 Å². The Morgan fingerprint density at radius 1 is 1.28 bits per heavy atom. The highest BCUT2D eigenvalue weighted by atomic mass is 16.3. The minimum atomic E-state index is 0.198. The van der Waals surface area contributed by atoms with Gasteiger partial charge in [-0.25, -0.2) is 0 Å². The number of hydrogen-bond donors (Lipinski definition) is 2. The molecule has 2 heteroatoms. The monoisotopic (exact) mass is 241 g/mol. The fraction of sp³-hybridized carbons (Fsp3) is 0.500. The Morgan fingerprint density at radius 3 is 3.17 bits per heavy atom. The second kappa shape index (κ2) is 3.61. The number of benzene rings is 1. The molecule has 1 fully saturated rings. The SMILES string of the molecule is Oc1cccc2c1C13CC=CCC1C(C2)NCC3. The normalized spacial score (nSPS) is 36.9. The van der Waals surface area contributed by atoms with Gasteiger partial charge in [0.05, 0.1) is 0 Å². The molecule has 1 aromatic carbocycles. The summed E-state index contributed by atoms with van der Waals surface area (Å²) >= 11 is 0. The van der Waals surface area contributed by atoms with E-state index in [0.717, 1.165) is 32.2 Å². The van der Waals surface area contributed by atoms with Crippen molar-refractivity contribution in [1.82, 2.24) is 5.32 Å². The van der Waals surface area contributed by atoms with Gasteiger partial charge in [0.2, 0.25) is 0 Å². The lowest BCUT2D eigenvalue weighted by atomic mass is 9.54. The Morgan fingerprint density at radius 2 is 2.22 bits per heavy atom. The molecule has 4 rings (SSSR count). The number of allylic oxidation sites excluding steroid dienone is 2. The van der Waals surface area contributed by atoms with Crippen LogP contribution in [0.15, 0.2) is 30.4 Å². The summed E-state index contributed by atoms with van der Waals surface area (Å²) in [4.78, 5) is 0. The third-order valence-corrected chi connectivity index (χ3v) is 5.28. The molecule has 18 heavy (non-hydrogen) atoms. The number of hydrogen-bond acceptors (Lipinski definition) is 2. The number of rotatable bonds is 0. The summed E-state index contributed by atoms with van der Waals surface area (Å²) in [5, 5.41) is 14.0. The van der Waals surface area contributed by atoms with Crippen LogP contribution in [0.3, 0.4) is 0 Å². The first-order valence-corrected chi connectivity index (χ1v) is 7.01. The van der Waals surface area contributed by atoms with E-state index >= 15 is 0 Å². The molecular weight excluding hydrogens is 222 g/mol. The summed E-state index contributed by atoms with van der Waals surface area (Å²) in [6.07, 6.45) is 9.13. The number of aromatic hydroxyl groups is 1.